The third-order valence-electron chi connectivity index (χ3n) is 3.08. The Morgan fingerprint density at radius 3 is 2.44 bits per heavy atom. The fourth-order valence-electron chi connectivity index (χ4n) is 2.08. The molecular weight excluding hydrogens is 290 g/mol. The molecule has 0 amide bonds. The van der Waals surface area contributed by atoms with Gasteiger partial charge in [0.25, 0.3) is 0 Å². The van der Waals surface area contributed by atoms with Crippen molar-refractivity contribution in [2.75, 3.05) is 0 Å². The lowest BCUT2D eigenvalue weighted by molar-refractivity contribution is 0.379. The minimum Gasteiger partial charge on any atom is -0.453 e. The van der Waals surface area contributed by atoms with E-state index >= 15 is 0 Å². The van der Waals surface area contributed by atoms with Crippen molar-refractivity contribution in [1.29, 1.82) is 0 Å². The topological polar surface area (TPSA) is 25.2 Å². The van der Waals surface area contributed by atoms with Crippen molar-refractivity contribution in [2.24, 2.45) is 0 Å². The zero-order valence-corrected chi connectivity index (χ0v) is 12.3. The number of furan rings is 1. The van der Waals surface area contributed by atoms with Gasteiger partial charge in [-0.05, 0) is 47.0 Å². The van der Waals surface area contributed by atoms with E-state index in [4.69, 9.17) is 4.42 Å². The highest BCUT2D eigenvalue weighted by molar-refractivity contribution is 9.10. The van der Waals surface area contributed by atoms with Gasteiger partial charge >= 0.3 is 0 Å². The molecule has 1 N–H and O–H groups in total. The molecule has 2 unspecified atom stereocenters. The average Bonchev–Trinajstić information content (AvgIpc) is 2.83. The minimum absolute atomic E-state index is 0.196. The van der Waals surface area contributed by atoms with E-state index in [9.17, 15) is 0 Å². The molecule has 1 heterocycles. The Hall–Kier alpha value is -1.06. The standard InChI is InChI=1S/C15H18BrNO/c1-3-13(12-7-5-4-6-8-12)17-11(2)14-9-10-15(16)18-14/h4-11,13,17H,3H2,1-2H3. The lowest BCUT2D eigenvalue weighted by Crippen LogP contribution is -2.23. The second-order valence-corrected chi connectivity index (χ2v) is 5.18. The Morgan fingerprint density at radius 2 is 1.89 bits per heavy atom. The van der Waals surface area contributed by atoms with Gasteiger partial charge in [0, 0.05) is 6.04 Å². The van der Waals surface area contributed by atoms with Crippen LogP contribution in [0, 0.1) is 0 Å². The van der Waals surface area contributed by atoms with E-state index in [0.29, 0.717) is 6.04 Å². The molecule has 0 saturated heterocycles. The molecule has 0 spiro atoms. The van der Waals surface area contributed by atoms with E-state index in [1.54, 1.807) is 0 Å². The number of hydrogen-bond donors (Lipinski definition) is 1. The van der Waals surface area contributed by atoms with Gasteiger partial charge in [0.1, 0.15) is 5.76 Å². The van der Waals surface area contributed by atoms with Gasteiger partial charge in [0.05, 0.1) is 6.04 Å². The molecule has 2 aromatic rings. The maximum absolute atomic E-state index is 5.58. The molecule has 0 saturated carbocycles. The zero-order chi connectivity index (χ0) is 13.0. The fraction of sp³-hybridized carbons (Fsp3) is 0.333. The van der Waals surface area contributed by atoms with Crippen molar-refractivity contribution >= 4 is 15.9 Å². The fourth-order valence-corrected chi connectivity index (χ4v) is 2.40. The Balaban J connectivity index is 2.07. The number of nitrogens with one attached hydrogen (secondary N) is 1. The van der Waals surface area contributed by atoms with Gasteiger partial charge in [-0.1, -0.05) is 37.3 Å². The predicted molar refractivity (Wildman–Crippen MR) is 77.4 cm³/mol. The summed E-state index contributed by atoms with van der Waals surface area (Å²) in [6, 6.07) is 15.0. The van der Waals surface area contributed by atoms with E-state index in [-0.39, 0.29) is 6.04 Å². The van der Waals surface area contributed by atoms with Crippen LogP contribution in [0.1, 0.15) is 43.7 Å². The van der Waals surface area contributed by atoms with Crippen molar-refractivity contribution in [3.05, 3.63) is 58.5 Å². The first-order chi connectivity index (χ1) is 8.70. The Morgan fingerprint density at radius 1 is 1.17 bits per heavy atom. The molecule has 2 atom stereocenters. The molecule has 1 aromatic carbocycles. The number of halogens is 1. The zero-order valence-electron chi connectivity index (χ0n) is 10.7. The van der Waals surface area contributed by atoms with Crippen LogP contribution in [-0.2, 0) is 0 Å². The van der Waals surface area contributed by atoms with Gasteiger partial charge < -0.3 is 9.73 Å². The molecule has 0 bridgehead atoms. The van der Waals surface area contributed by atoms with E-state index in [1.807, 2.05) is 18.2 Å². The van der Waals surface area contributed by atoms with E-state index in [0.717, 1.165) is 16.9 Å². The van der Waals surface area contributed by atoms with Crippen LogP contribution in [-0.4, -0.2) is 0 Å². The maximum atomic E-state index is 5.58. The van der Waals surface area contributed by atoms with Crippen LogP contribution >= 0.6 is 15.9 Å². The number of hydrogen-bond acceptors (Lipinski definition) is 2. The van der Waals surface area contributed by atoms with Crippen LogP contribution < -0.4 is 5.32 Å². The summed E-state index contributed by atoms with van der Waals surface area (Å²) in [5.41, 5.74) is 1.32. The highest BCUT2D eigenvalue weighted by Crippen LogP contribution is 2.24. The van der Waals surface area contributed by atoms with Crippen molar-refractivity contribution < 1.29 is 4.42 Å². The summed E-state index contributed by atoms with van der Waals surface area (Å²) < 4.78 is 6.36. The Labute approximate surface area is 117 Å². The van der Waals surface area contributed by atoms with Crippen LogP contribution in [0.15, 0.2) is 51.6 Å². The molecule has 2 nitrogen and oxygen atoms in total. The second kappa shape index (κ2) is 6.21. The third-order valence-corrected chi connectivity index (χ3v) is 3.51. The number of rotatable bonds is 5. The molecule has 18 heavy (non-hydrogen) atoms. The summed E-state index contributed by atoms with van der Waals surface area (Å²) in [4.78, 5) is 0. The average molecular weight is 308 g/mol. The van der Waals surface area contributed by atoms with E-state index in [1.165, 1.54) is 5.56 Å². The molecule has 0 fully saturated rings. The van der Waals surface area contributed by atoms with E-state index in [2.05, 4.69) is 59.4 Å². The minimum atomic E-state index is 0.196. The summed E-state index contributed by atoms with van der Waals surface area (Å²) in [5.74, 6) is 0.955. The van der Waals surface area contributed by atoms with Crippen LogP contribution in [0.4, 0.5) is 0 Å². The quantitative estimate of drug-likeness (QED) is 0.854. The molecule has 0 radical (unpaired) electrons. The molecular formula is C15H18BrNO. The van der Waals surface area contributed by atoms with Crippen LogP contribution in [0.3, 0.4) is 0 Å². The Bertz CT molecular complexity index is 480. The first-order valence-electron chi connectivity index (χ1n) is 6.27. The van der Waals surface area contributed by atoms with Gasteiger partial charge in [-0.3, -0.25) is 0 Å². The van der Waals surface area contributed by atoms with Crippen molar-refractivity contribution in [1.82, 2.24) is 5.32 Å². The van der Waals surface area contributed by atoms with Crippen molar-refractivity contribution in [3.63, 3.8) is 0 Å². The van der Waals surface area contributed by atoms with Gasteiger partial charge in [-0.2, -0.15) is 0 Å². The van der Waals surface area contributed by atoms with Crippen LogP contribution in [0.25, 0.3) is 0 Å². The van der Waals surface area contributed by atoms with E-state index < -0.39 is 0 Å². The molecule has 2 rings (SSSR count). The predicted octanol–water partition coefficient (Wildman–Crippen LogP) is 4.84. The molecule has 3 heteroatoms. The molecule has 0 aliphatic rings. The molecule has 0 aliphatic carbocycles. The van der Waals surface area contributed by atoms with Gasteiger partial charge in [-0.25, -0.2) is 0 Å². The SMILES string of the molecule is CCC(NC(C)c1ccc(Br)o1)c1ccccc1. The van der Waals surface area contributed by atoms with Gasteiger partial charge in [0.15, 0.2) is 4.67 Å². The third kappa shape index (κ3) is 3.24. The monoisotopic (exact) mass is 307 g/mol. The van der Waals surface area contributed by atoms with Gasteiger partial charge in [0.2, 0.25) is 0 Å². The lowest BCUT2D eigenvalue weighted by Gasteiger charge is -2.21. The highest BCUT2D eigenvalue weighted by atomic mass is 79.9. The normalized spacial score (nSPS) is 14.4. The molecule has 1 aromatic heterocycles. The summed E-state index contributed by atoms with van der Waals surface area (Å²) in [6.45, 7) is 4.31. The van der Waals surface area contributed by atoms with Crippen molar-refractivity contribution in [2.45, 2.75) is 32.4 Å². The van der Waals surface area contributed by atoms with Gasteiger partial charge in [-0.15, -0.1) is 0 Å². The summed E-state index contributed by atoms with van der Waals surface area (Å²) in [6.07, 6.45) is 1.05. The Kier molecular flexibility index (Phi) is 4.61. The first kappa shape index (κ1) is 13.4. The summed E-state index contributed by atoms with van der Waals surface area (Å²) >= 11 is 3.33. The van der Waals surface area contributed by atoms with Crippen LogP contribution in [0.5, 0.6) is 0 Å². The van der Waals surface area contributed by atoms with Crippen molar-refractivity contribution in [3.8, 4) is 0 Å². The first-order valence-corrected chi connectivity index (χ1v) is 7.06. The lowest BCUT2D eigenvalue weighted by atomic mass is 10.0. The largest absolute Gasteiger partial charge is 0.453 e. The highest BCUT2D eigenvalue weighted by Gasteiger charge is 2.15. The smallest absolute Gasteiger partial charge is 0.169 e. The maximum Gasteiger partial charge on any atom is 0.169 e. The number of benzene rings is 1. The summed E-state index contributed by atoms with van der Waals surface area (Å²) in [5, 5.41) is 3.60. The molecule has 96 valence electrons. The summed E-state index contributed by atoms with van der Waals surface area (Å²) in [7, 11) is 0. The van der Waals surface area contributed by atoms with Crippen LogP contribution in [0.2, 0.25) is 0 Å². The molecule has 0 aliphatic heterocycles. The second-order valence-electron chi connectivity index (χ2n) is 4.40.